The molecular formula is C29H19Cl2N3O3S. The van der Waals surface area contributed by atoms with Crippen molar-refractivity contribution in [3.63, 3.8) is 0 Å². The van der Waals surface area contributed by atoms with E-state index in [0.29, 0.717) is 38.6 Å². The zero-order valence-electron chi connectivity index (χ0n) is 19.7. The SMILES string of the molecule is O=C1NC2(Oc3ccccc3C3CC(c4ccccc4)=NN32)/C(=C/c2ccc(-c3cc(Cl)cc(Cl)c3)o2)S1. The lowest BCUT2D eigenvalue weighted by Crippen LogP contribution is -2.61. The molecule has 7 rings (SSSR count). The number of thioether (sulfide) groups is 1. The molecule has 2 unspecified atom stereocenters. The van der Waals surface area contributed by atoms with Crippen LogP contribution in [0.4, 0.5) is 4.79 Å². The van der Waals surface area contributed by atoms with Crippen LogP contribution in [-0.4, -0.2) is 21.8 Å². The Morgan fingerprint density at radius 1 is 0.974 bits per heavy atom. The molecule has 4 heterocycles. The smallest absolute Gasteiger partial charge is 0.314 e. The Morgan fingerprint density at radius 2 is 1.74 bits per heavy atom. The molecule has 3 aliphatic rings. The van der Waals surface area contributed by atoms with Crippen molar-refractivity contribution in [2.75, 3.05) is 0 Å². The number of halogens is 2. The summed E-state index contributed by atoms with van der Waals surface area (Å²) in [5.74, 6) is 0.570. The number of fused-ring (bicyclic) bond motifs is 4. The first-order chi connectivity index (χ1) is 18.5. The Hall–Kier alpha value is -3.65. The number of nitrogens with one attached hydrogen (secondary N) is 1. The van der Waals surface area contributed by atoms with E-state index in [9.17, 15) is 4.79 Å². The molecule has 0 saturated carbocycles. The summed E-state index contributed by atoms with van der Waals surface area (Å²) in [6.07, 6.45) is 2.50. The molecule has 1 amide bonds. The number of amides is 1. The topological polar surface area (TPSA) is 67.1 Å². The molecule has 188 valence electrons. The highest BCUT2D eigenvalue weighted by Crippen LogP contribution is 2.52. The van der Waals surface area contributed by atoms with Crippen molar-refractivity contribution < 1.29 is 13.9 Å². The second kappa shape index (κ2) is 8.98. The lowest BCUT2D eigenvalue weighted by atomic mass is 9.96. The number of para-hydroxylation sites is 1. The standard InChI is InChI=1S/C29H19Cl2N3O3S/c30-19-12-18(13-20(31)14-19)25-11-10-21(36-25)15-27-29(32-28(35)38-27)34-24(22-8-4-5-9-26(22)37-29)16-23(33-34)17-6-2-1-3-7-17/h1-15,24H,16H2,(H,32,35)/b27-15-. The van der Waals surface area contributed by atoms with Gasteiger partial charge in [-0.2, -0.15) is 5.10 Å². The van der Waals surface area contributed by atoms with Crippen LogP contribution in [0.3, 0.4) is 0 Å². The van der Waals surface area contributed by atoms with E-state index in [-0.39, 0.29) is 11.3 Å². The first kappa shape index (κ1) is 23.5. The molecule has 0 radical (unpaired) electrons. The van der Waals surface area contributed by atoms with Gasteiger partial charge in [0.15, 0.2) is 0 Å². The number of hydrogen-bond donors (Lipinski definition) is 1. The fourth-order valence-corrected chi connectivity index (χ4v) is 6.50. The third-order valence-corrected chi connectivity index (χ3v) is 8.07. The van der Waals surface area contributed by atoms with E-state index in [0.717, 1.165) is 34.2 Å². The Labute approximate surface area is 232 Å². The molecule has 1 fully saturated rings. The van der Waals surface area contributed by atoms with Crippen LogP contribution in [-0.2, 0) is 0 Å². The number of hydrogen-bond acceptors (Lipinski definition) is 6. The summed E-state index contributed by atoms with van der Waals surface area (Å²) in [4.78, 5) is 13.5. The molecule has 6 nitrogen and oxygen atoms in total. The zero-order chi connectivity index (χ0) is 25.9. The van der Waals surface area contributed by atoms with E-state index >= 15 is 0 Å². The van der Waals surface area contributed by atoms with Gasteiger partial charge in [-0.25, -0.2) is 5.01 Å². The maximum atomic E-state index is 12.9. The minimum atomic E-state index is -1.30. The van der Waals surface area contributed by atoms with Crippen molar-refractivity contribution in [3.05, 3.63) is 117 Å². The Balaban J connectivity index is 1.33. The highest BCUT2D eigenvalue weighted by atomic mass is 35.5. The van der Waals surface area contributed by atoms with E-state index < -0.39 is 5.85 Å². The highest BCUT2D eigenvalue weighted by molar-refractivity contribution is 8.17. The summed E-state index contributed by atoms with van der Waals surface area (Å²) >= 11 is 13.4. The fourth-order valence-electron chi connectivity index (χ4n) is 5.08. The van der Waals surface area contributed by atoms with Crippen LogP contribution in [0.5, 0.6) is 5.75 Å². The lowest BCUT2D eigenvalue weighted by molar-refractivity contribution is -0.0949. The number of furan rings is 1. The molecule has 0 bridgehead atoms. The summed E-state index contributed by atoms with van der Waals surface area (Å²) in [5, 5.41) is 10.7. The number of hydrazone groups is 1. The number of carbonyl (C=O) groups excluding carboxylic acids is 1. The van der Waals surface area contributed by atoms with Gasteiger partial charge in [-0.3, -0.25) is 10.1 Å². The number of nitrogens with zero attached hydrogens (tertiary/aromatic N) is 2. The quantitative estimate of drug-likeness (QED) is 0.276. The summed E-state index contributed by atoms with van der Waals surface area (Å²) in [6, 6.07) is 26.8. The van der Waals surface area contributed by atoms with Crippen LogP contribution in [0, 0.1) is 0 Å². The first-order valence-electron chi connectivity index (χ1n) is 12.0. The Kier molecular flexibility index (Phi) is 5.54. The third-order valence-electron chi connectivity index (χ3n) is 6.73. The normalized spacial score (nSPS) is 22.7. The Bertz CT molecular complexity index is 1630. The van der Waals surface area contributed by atoms with Gasteiger partial charge in [-0.05, 0) is 59.8 Å². The first-order valence-corrected chi connectivity index (χ1v) is 13.5. The maximum absolute atomic E-state index is 12.9. The van der Waals surface area contributed by atoms with Gasteiger partial charge in [-0.1, -0.05) is 71.7 Å². The summed E-state index contributed by atoms with van der Waals surface area (Å²) in [6.45, 7) is 0. The fraction of sp³-hybridized carbons (Fsp3) is 0.103. The summed E-state index contributed by atoms with van der Waals surface area (Å²) in [5.41, 5.74) is 3.75. The van der Waals surface area contributed by atoms with Crippen LogP contribution < -0.4 is 10.1 Å². The molecule has 38 heavy (non-hydrogen) atoms. The van der Waals surface area contributed by atoms with Gasteiger partial charge in [0.2, 0.25) is 0 Å². The molecule has 1 aromatic heterocycles. The van der Waals surface area contributed by atoms with Crippen LogP contribution in [0.1, 0.15) is 29.3 Å². The monoisotopic (exact) mass is 559 g/mol. The molecule has 3 aliphatic heterocycles. The van der Waals surface area contributed by atoms with Gasteiger partial charge in [-0.15, -0.1) is 0 Å². The number of rotatable bonds is 3. The second-order valence-corrected chi connectivity index (χ2v) is 11.0. The molecule has 9 heteroatoms. The minimum Gasteiger partial charge on any atom is -0.457 e. The molecule has 0 aliphatic carbocycles. The van der Waals surface area contributed by atoms with Crippen molar-refractivity contribution in [1.29, 1.82) is 0 Å². The average Bonchev–Trinajstić information content (AvgIpc) is 3.63. The van der Waals surface area contributed by atoms with E-state index in [1.165, 1.54) is 0 Å². The molecule has 1 saturated heterocycles. The largest absolute Gasteiger partial charge is 0.457 e. The second-order valence-electron chi connectivity index (χ2n) is 9.14. The van der Waals surface area contributed by atoms with Crippen molar-refractivity contribution in [2.45, 2.75) is 18.3 Å². The predicted molar refractivity (Wildman–Crippen MR) is 150 cm³/mol. The highest BCUT2D eigenvalue weighted by Gasteiger charge is 2.58. The number of benzene rings is 3. The van der Waals surface area contributed by atoms with Crippen LogP contribution >= 0.6 is 35.0 Å². The minimum absolute atomic E-state index is 0.113. The number of ether oxygens (including phenoxy) is 1. The van der Waals surface area contributed by atoms with E-state index in [2.05, 4.69) is 5.32 Å². The van der Waals surface area contributed by atoms with Crippen LogP contribution in [0.15, 0.2) is 99.4 Å². The zero-order valence-corrected chi connectivity index (χ0v) is 22.1. The van der Waals surface area contributed by atoms with Gasteiger partial charge in [0.25, 0.3) is 5.24 Å². The van der Waals surface area contributed by atoms with Crippen molar-refractivity contribution in [2.24, 2.45) is 5.10 Å². The van der Waals surface area contributed by atoms with Crippen molar-refractivity contribution in [1.82, 2.24) is 10.3 Å². The molecule has 4 aromatic rings. The van der Waals surface area contributed by atoms with E-state index in [1.807, 2.05) is 77.8 Å². The van der Waals surface area contributed by atoms with Gasteiger partial charge in [0.1, 0.15) is 17.3 Å². The van der Waals surface area contributed by atoms with Crippen LogP contribution in [0.25, 0.3) is 17.4 Å². The Morgan fingerprint density at radius 3 is 2.55 bits per heavy atom. The molecule has 1 spiro atoms. The van der Waals surface area contributed by atoms with E-state index in [1.54, 1.807) is 18.2 Å². The van der Waals surface area contributed by atoms with Gasteiger partial charge in [0.05, 0.1) is 16.7 Å². The lowest BCUT2D eigenvalue weighted by Gasteiger charge is -2.44. The van der Waals surface area contributed by atoms with Crippen LogP contribution in [0.2, 0.25) is 10.0 Å². The molecule has 2 atom stereocenters. The summed E-state index contributed by atoms with van der Waals surface area (Å²) < 4.78 is 12.7. The molecule has 3 aromatic carbocycles. The van der Waals surface area contributed by atoms with Gasteiger partial charge in [0, 0.05) is 27.6 Å². The third kappa shape index (κ3) is 3.89. The van der Waals surface area contributed by atoms with Crippen molar-refractivity contribution in [3.8, 4) is 17.1 Å². The maximum Gasteiger partial charge on any atom is 0.314 e. The van der Waals surface area contributed by atoms with E-state index in [4.69, 9.17) is 37.5 Å². The number of carbonyl (C=O) groups is 1. The van der Waals surface area contributed by atoms with Gasteiger partial charge >= 0.3 is 5.85 Å². The average molecular weight is 560 g/mol. The predicted octanol–water partition coefficient (Wildman–Crippen LogP) is 7.95. The molecule has 1 N–H and O–H groups in total. The summed E-state index contributed by atoms with van der Waals surface area (Å²) in [7, 11) is 0. The molecular weight excluding hydrogens is 541 g/mol. The van der Waals surface area contributed by atoms with Crippen molar-refractivity contribution >= 4 is 52.0 Å². The van der Waals surface area contributed by atoms with Gasteiger partial charge < -0.3 is 9.15 Å².